The molecule has 2 aromatic rings. The number of sulfonamides is 1. The minimum atomic E-state index is -3.81. The van der Waals surface area contributed by atoms with Crippen LogP contribution in [0.5, 0.6) is 5.75 Å². The molecule has 0 aromatic heterocycles. The average Bonchev–Trinajstić information content (AvgIpc) is 2.61. The standard InChI is InChI=1S/C17H20N2O4S2/c1-12(17(20)18-15-6-4-5-7-16(15)24-3)19-25(21,22)14-10-8-13(23-2)9-11-14/h4-12,19H,1-3H3,(H,18,20)/t12-/m0/s1. The van der Waals surface area contributed by atoms with Crippen molar-refractivity contribution in [3.05, 3.63) is 48.5 Å². The molecule has 0 spiro atoms. The maximum Gasteiger partial charge on any atom is 0.242 e. The fraction of sp³-hybridized carbons (Fsp3) is 0.235. The van der Waals surface area contributed by atoms with Crippen LogP contribution in [0.4, 0.5) is 5.69 Å². The number of ether oxygens (including phenoxy) is 1. The van der Waals surface area contributed by atoms with Crippen LogP contribution in [-0.2, 0) is 14.8 Å². The van der Waals surface area contributed by atoms with E-state index in [4.69, 9.17) is 4.74 Å². The fourth-order valence-corrected chi connectivity index (χ4v) is 3.85. The number of methoxy groups -OCH3 is 1. The van der Waals surface area contributed by atoms with Crippen molar-refractivity contribution in [3.63, 3.8) is 0 Å². The maximum atomic E-state index is 12.4. The Labute approximate surface area is 152 Å². The number of anilines is 1. The molecule has 0 radical (unpaired) electrons. The summed E-state index contributed by atoms with van der Waals surface area (Å²) < 4.78 is 32.2. The Morgan fingerprint density at radius 2 is 1.76 bits per heavy atom. The summed E-state index contributed by atoms with van der Waals surface area (Å²) in [6.07, 6.45) is 1.90. The molecule has 0 saturated heterocycles. The van der Waals surface area contributed by atoms with Crippen LogP contribution in [0.3, 0.4) is 0 Å². The Balaban J connectivity index is 2.08. The number of benzene rings is 2. The van der Waals surface area contributed by atoms with E-state index < -0.39 is 22.0 Å². The van der Waals surface area contributed by atoms with Crippen molar-refractivity contribution in [1.29, 1.82) is 0 Å². The third kappa shape index (κ3) is 4.97. The van der Waals surface area contributed by atoms with Gasteiger partial charge < -0.3 is 10.1 Å². The van der Waals surface area contributed by atoms with Crippen molar-refractivity contribution in [3.8, 4) is 5.75 Å². The second-order valence-corrected chi connectivity index (χ2v) is 7.77. The second-order valence-electron chi connectivity index (χ2n) is 5.21. The van der Waals surface area contributed by atoms with Crippen LogP contribution in [0.2, 0.25) is 0 Å². The van der Waals surface area contributed by atoms with Crippen LogP contribution in [0.25, 0.3) is 0 Å². The molecule has 0 aliphatic heterocycles. The van der Waals surface area contributed by atoms with E-state index in [-0.39, 0.29) is 4.90 Å². The number of rotatable bonds is 7. The molecule has 8 heteroatoms. The lowest BCUT2D eigenvalue weighted by atomic mass is 10.3. The third-order valence-electron chi connectivity index (χ3n) is 3.46. The number of nitrogens with one attached hydrogen (secondary N) is 2. The van der Waals surface area contributed by atoms with Gasteiger partial charge in [0.1, 0.15) is 5.75 Å². The summed E-state index contributed by atoms with van der Waals surface area (Å²) in [5, 5.41) is 2.75. The van der Waals surface area contributed by atoms with Gasteiger partial charge in [-0.15, -0.1) is 11.8 Å². The molecule has 0 fully saturated rings. The SMILES string of the molecule is COc1ccc(S(=O)(=O)N[C@@H](C)C(=O)Nc2ccccc2SC)cc1. The molecule has 1 amide bonds. The molecule has 2 aromatic carbocycles. The van der Waals surface area contributed by atoms with Gasteiger partial charge in [0, 0.05) is 4.90 Å². The Bertz CT molecular complexity index is 836. The smallest absolute Gasteiger partial charge is 0.242 e. The quantitative estimate of drug-likeness (QED) is 0.722. The third-order valence-corrected chi connectivity index (χ3v) is 5.81. The molecule has 0 heterocycles. The van der Waals surface area contributed by atoms with Gasteiger partial charge in [-0.05, 0) is 49.6 Å². The first-order valence-corrected chi connectivity index (χ1v) is 10.2. The number of carbonyl (C=O) groups excluding carboxylic acids is 1. The van der Waals surface area contributed by atoms with Crippen LogP contribution in [-0.4, -0.2) is 33.7 Å². The average molecular weight is 380 g/mol. The largest absolute Gasteiger partial charge is 0.497 e. The van der Waals surface area contributed by atoms with E-state index in [0.717, 1.165) is 4.90 Å². The van der Waals surface area contributed by atoms with Gasteiger partial charge in [-0.3, -0.25) is 4.79 Å². The van der Waals surface area contributed by atoms with E-state index in [1.807, 2.05) is 24.5 Å². The summed E-state index contributed by atoms with van der Waals surface area (Å²) >= 11 is 1.50. The summed E-state index contributed by atoms with van der Waals surface area (Å²) in [6, 6.07) is 12.4. The second kappa shape index (κ2) is 8.37. The van der Waals surface area contributed by atoms with Crippen LogP contribution in [0, 0.1) is 0 Å². The highest BCUT2D eigenvalue weighted by Gasteiger charge is 2.22. The van der Waals surface area contributed by atoms with Crippen molar-refractivity contribution in [1.82, 2.24) is 4.72 Å². The van der Waals surface area contributed by atoms with Crippen molar-refractivity contribution >= 4 is 33.4 Å². The molecule has 25 heavy (non-hydrogen) atoms. The molecule has 6 nitrogen and oxygen atoms in total. The number of hydrogen-bond acceptors (Lipinski definition) is 5. The van der Waals surface area contributed by atoms with Gasteiger partial charge in [0.05, 0.1) is 23.7 Å². The fourth-order valence-electron chi connectivity index (χ4n) is 2.10. The number of thioether (sulfide) groups is 1. The summed E-state index contributed by atoms with van der Waals surface area (Å²) in [5.74, 6) is 0.122. The van der Waals surface area contributed by atoms with Gasteiger partial charge in [-0.1, -0.05) is 12.1 Å². The summed E-state index contributed by atoms with van der Waals surface area (Å²) in [6.45, 7) is 1.50. The zero-order valence-electron chi connectivity index (χ0n) is 14.1. The molecule has 0 bridgehead atoms. The van der Waals surface area contributed by atoms with E-state index in [0.29, 0.717) is 11.4 Å². The van der Waals surface area contributed by atoms with Gasteiger partial charge in [-0.2, -0.15) is 4.72 Å². The van der Waals surface area contributed by atoms with E-state index in [1.54, 1.807) is 18.2 Å². The van der Waals surface area contributed by atoms with Gasteiger partial charge in [-0.25, -0.2) is 8.42 Å². The zero-order valence-corrected chi connectivity index (χ0v) is 15.8. The molecule has 0 aliphatic rings. The Morgan fingerprint density at radius 3 is 2.36 bits per heavy atom. The molecule has 2 rings (SSSR count). The first-order valence-electron chi connectivity index (χ1n) is 7.47. The van der Waals surface area contributed by atoms with Crippen molar-refractivity contribution in [2.45, 2.75) is 22.8 Å². The predicted octanol–water partition coefficient (Wildman–Crippen LogP) is 2.72. The van der Waals surface area contributed by atoms with E-state index in [1.165, 1.54) is 37.9 Å². The summed E-state index contributed by atoms with van der Waals surface area (Å²) in [4.78, 5) is 13.3. The monoisotopic (exact) mass is 380 g/mol. The van der Waals surface area contributed by atoms with Gasteiger partial charge >= 0.3 is 0 Å². The molecule has 0 aliphatic carbocycles. The normalized spacial score (nSPS) is 12.4. The molecule has 0 unspecified atom stereocenters. The first-order chi connectivity index (χ1) is 11.9. The van der Waals surface area contributed by atoms with Crippen LogP contribution >= 0.6 is 11.8 Å². The van der Waals surface area contributed by atoms with E-state index in [2.05, 4.69) is 10.0 Å². The molecular formula is C17H20N2O4S2. The highest BCUT2D eigenvalue weighted by molar-refractivity contribution is 7.98. The van der Waals surface area contributed by atoms with Crippen LogP contribution in [0.1, 0.15) is 6.92 Å². The van der Waals surface area contributed by atoms with Gasteiger partial charge in [0.25, 0.3) is 0 Å². The summed E-state index contributed by atoms with van der Waals surface area (Å²) in [5.41, 5.74) is 0.649. The lowest BCUT2D eigenvalue weighted by Gasteiger charge is -2.16. The number of hydrogen-bond donors (Lipinski definition) is 2. The lowest BCUT2D eigenvalue weighted by molar-refractivity contribution is -0.117. The molecule has 2 N–H and O–H groups in total. The zero-order chi connectivity index (χ0) is 18.4. The minimum Gasteiger partial charge on any atom is -0.497 e. The number of carbonyl (C=O) groups is 1. The van der Waals surface area contributed by atoms with Crippen molar-refractivity contribution in [2.75, 3.05) is 18.7 Å². The molecular weight excluding hydrogens is 360 g/mol. The minimum absolute atomic E-state index is 0.0671. The molecule has 0 saturated carbocycles. The molecule has 1 atom stereocenters. The van der Waals surface area contributed by atoms with E-state index in [9.17, 15) is 13.2 Å². The Morgan fingerprint density at radius 1 is 1.12 bits per heavy atom. The highest BCUT2D eigenvalue weighted by Crippen LogP contribution is 2.24. The topological polar surface area (TPSA) is 84.5 Å². The lowest BCUT2D eigenvalue weighted by Crippen LogP contribution is -2.41. The van der Waals surface area contributed by atoms with Crippen LogP contribution in [0.15, 0.2) is 58.3 Å². The summed E-state index contributed by atoms with van der Waals surface area (Å²) in [7, 11) is -2.31. The van der Waals surface area contributed by atoms with Crippen LogP contribution < -0.4 is 14.8 Å². The first kappa shape index (κ1) is 19.3. The number of amides is 1. The Kier molecular flexibility index (Phi) is 6.46. The van der Waals surface area contributed by atoms with Gasteiger partial charge in [0.2, 0.25) is 15.9 Å². The van der Waals surface area contributed by atoms with Gasteiger partial charge in [0.15, 0.2) is 0 Å². The predicted molar refractivity (Wildman–Crippen MR) is 99.6 cm³/mol. The number of para-hydroxylation sites is 1. The Hall–Kier alpha value is -2.03. The molecule has 134 valence electrons. The van der Waals surface area contributed by atoms with E-state index >= 15 is 0 Å². The van der Waals surface area contributed by atoms with Crippen molar-refractivity contribution in [2.24, 2.45) is 0 Å². The highest BCUT2D eigenvalue weighted by atomic mass is 32.2. The maximum absolute atomic E-state index is 12.4. The van der Waals surface area contributed by atoms with Crippen molar-refractivity contribution < 1.29 is 17.9 Å².